The van der Waals surface area contributed by atoms with Gasteiger partial charge in [0.2, 0.25) is 0 Å². The van der Waals surface area contributed by atoms with E-state index in [-0.39, 0.29) is 27.6 Å². The van der Waals surface area contributed by atoms with Gasteiger partial charge in [-0.2, -0.15) is 5.26 Å². The Kier molecular flexibility index (Phi) is 3.78. The summed E-state index contributed by atoms with van der Waals surface area (Å²) >= 11 is 5.85. The predicted molar refractivity (Wildman–Crippen MR) is 73.9 cm³/mol. The number of nitrogens with one attached hydrogen (secondary N) is 1. The summed E-state index contributed by atoms with van der Waals surface area (Å²) in [5.41, 5.74) is 0.407. The lowest BCUT2D eigenvalue weighted by Crippen LogP contribution is -2.12. The first-order valence-electron chi connectivity index (χ1n) is 5.55. The number of carbonyl (C=O) groups is 1. The van der Waals surface area contributed by atoms with Crippen LogP contribution in [0.5, 0.6) is 11.5 Å². The van der Waals surface area contributed by atoms with Crippen LogP contribution in [0, 0.1) is 11.3 Å². The van der Waals surface area contributed by atoms with Crippen molar-refractivity contribution in [1.29, 1.82) is 5.26 Å². The summed E-state index contributed by atoms with van der Waals surface area (Å²) < 4.78 is 0. The second-order valence-electron chi connectivity index (χ2n) is 3.93. The van der Waals surface area contributed by atoms with Gasteiger partial charge in [-0.15, -0.1) is 0 Å². The first kappa shape index (κ1) is 13.7. The molecule has 0 atom stereocenters. The SMILES string of the molecule is N#Cc1ccc(NC(=O)c2c(O)cccc2O)cc1Cl. The van der Waals surface area contributed by atoms with E-state index in [0.29, 0.717) is 5.69 Å². The fourth-order valence-electron chi connectivity index (χ4n) is 1.64. The smallest absolute Gasteiger partial charge is 0.263 e. The predicted octanol–water partition coefficient (Wildman–Crippen LogP) is 2.88. The molecule has 0 spiro atoms. The van der Waals surface area contributed by atoms with E-state index in [4.69, 9.17) is 16.9 Å². The van der Waals surface area contributed by atoms with Crippen LogP contribution < -0.4 is 5.32 Å². The van der Waals surface area contributed by atoms with E-state index >= 15 is 0 Å². The number of amides is 1. The molecule has 2 rings (SSSR count). The lowest BCUT2D eigenvalue weighted by atomic mass is 10.1. The highest BCUT2D eigenvalue weighted by atomic mass is 35.5. The number of benzene rings is 2. The summed E-state index contributed by atoms with van der Waals surface area (Å²) in [6.07, 6.45) is 0. The van der Waals surface area contributed by atoms with Crippen LogP contribution in [0.25, 0.3) is 0 Å². The van der Waals surface area contributed by atoms with Crippen molar-refractivity contribution in [2.75, 3.05) is 5.32 Å². The quantitative estimate of drug-likeness (QED) is 0.792. The highest BCUT2D eigenvalue weighted by Crippen LogP contribution is 2.28. The highest BCUT2D eigenvalue weighted by molar-refractivity contribution is 6.32. The molecule has 0 aliphatic heterocycles. The maximum absolute atomic E-state index is 12.0. The number of hydrogen-bond acceptors (Lipinski definition) is 4. The summed E-state index contributed by atoms with van der Waals surface area (Å²) in [5, 5.41) is 30.6. The highest BCUT2D eigenvalue weighted by Gasteiger charge is 2.16. The summed E-state index contributed by atoms with van der Waals surface area (Å²) in [5.74, 6) is -1.34. The molecule has 6 heteroatoms. The third-order valence-corrected chi connectivity index (χ3v) is 2.91. The van der Waals surface area contributed by atoms with E-state index in [2.05, 4.69) is 5.32 Å². The Morgan fingerprint density at radius 3 is 2.40 bits per heavy atom. The number of rotatable bonds is 2. The van der Waals surface area contributed by atoms with E-state index in [1.807, 2.05) is 6.07 Å². The van der Waals surface area contributed by atoms with Crippen LogP contribution in [0.3, 0.4) is 0 Å². The first-order valence-corrected chi connectivity index (χ1v) is 5.92. The van der Waals surface area contributed by atoms with E-state index in [9.17, 15) is 15.0 Å². The first-order chi connectivity index (χ1) is 9.52. The molecule has 2 aromatic rings. The van der Waals surface area contributed by atoms with Gasteiger partial charge in [0.1, 0.15) is 23.1 Å². The van der Waals surface area contributed by atoms with Crippen LogP contribution >= 0.6 is 11.6 Å². The molecule has 0 bridgehead atoms. The molecule has 0 aliphatic carbocycles. The minimum Gasteiger partial charge on any atom is -0.507 e. The Balaban J connectivity index is 2.29. The van der Waals surface area contributed by atoms with Gasteiger partial charge in [0.05, 0.1) is 10.6 Å². The molecule has 0 unspecified atom stereocenters. The van der Waals surface area contributed by atoms with Crippen LogP contribution in [0.1, 0.15) is 15.9 Å². The maximum atomic E-state index is 12.0. The lowest BCUT2D eigenvalue weighted by Gasteiger charge is -2.09. The van der Waals surface area contributed by atoms with Crippen molar-refractivity contribution < 1.29 is 15.0 Å². The monoisotopic (exact) mass is 288 g/mol. The Bertz CT molecular complexity index is 703. The Labute approximate surface area is 119 Å². The lowest BCUT2D eigenvalue weighted by molar-refractivity contribution is 0.102. The third-order valence-electron chi connectivity index (χ3n) is 2.59. The van der Waals surface area contributed by atoms with Gasteiger partial charge < -0.3 is 15.5 Å². The normalized spacial score (nSPS) is 9.80. The fourth-order valence-corrected chi connectivity index (χ4v) is 1.86. The number of phenols is 2. The minimum atomic E-state index is -0.679. The molecule has 2 aromatic carbocycles. The number of hydrogen-bond donors (Lipinski definition) is 3. The van der Waals surface area contributed by atoms with Gasteiger partial charge in [-0.1, -0.05) is 17.7 Å². The summed E-state index contributed by atoms with van der Waals surface area (Å²) in [7, 11) is 0. The van der Waals surface area contributed by atoms with Crippen molar-refractivity contribution in [1.82, 2.24) is 0 Å². The molecule has 100 valence electrons. The van der Waals surface area contributed by atoms with E-state index in [1.54, 1.807) is 0 Å². The fraction of sp³-hybridized carbons (Fsp3) is 0. The van der Waals surface area contributed by atoms with Crippen molar-refractivity contribution in [3.8, 4) is 17.6 Å². The molecule has 3 N–H and O–H groups in total. The van der Waals surface area contributed by atoms with Gasteiger partial charge in [0.25, 0.3) is 5.91 Å². The van der Waals surface area contributed by atoms with Crippen LogP contribution in [-0.4, -0.2) is 16.1 Å². The van der Waals surface area contributed by atoms with Crippen molar-refractivity contribution in [3.05, 3.63) is 52.5 Å². The minimum absolute atomic E-state index is 0.201. The molecule has 0 heterocycles. The van der Waals surface area contributed by atoms with Gasteiger partial charge >= 0.3 is 0 Å². The topological polar surface area (TPSA) is 93.4 Å². The number of aromatic hydroxyl groups is 2. The number of halogens is 1. The molecule has 5 nitrogen and oxygen atoms in total. The molecule has 0 radical (unpaired) electrons. The molecular weight excluding hydrogens is 280 g/mol. The summed E-state index contributed by atoms with van der Waals surface area (Å²) in [6.45, 7) is 0. The van der Waals surface area contributed by atoms with Gasteiger partial charge in [-0.3, -0.25) is 4.79 Å². The maximum Gasteiger partial charge on any atom is 0.263 e. The van der Waals surface area contributed by atoms with Crippen molar-refractivity contribution in [2.24, 2.45) is 0 Å². The second kappa shape index (κ2) is 5.51. The molecule has 0 saturated carbocycles. The molecule has 1 amide bonds. The van der Waals surface area contributed by atoms with E-state index in [0.717, 1.165) is 0 Å². The van der Waals surface area contributed by atoms with Gasteiger partial charge in [-0.05, 0) is 30.3 Å². The molecule has 20 heavy (non-hydrogen) atoms. The van der Waals surface area contributed by atoms with Crippen molar-refractivity contribution in [3.63, 3.8) is 0 Å². The average molecular weight is 289 g/mol. The van der Waals surface area contributed by atoms with Gasteiger partial charge in [-0.25, -0.2) is 0 Å². The third kappa shape index (κ3) is 2.66. The van der Waals surface area contributed by atoms with Crippen LogP contribution in [0.15, 0.2) is 36.4 Å². The van der Waals surface area contributed by atoms with Crippen LogP contribution in [-0.2, 0) is 0 Å². The van der Waals surface area contributed by atoms with E-state index in [1.165, 1.54) is 36.4 Å². The number of anilines is 1. The largest absolute Gasteiger partial charge is 0.507 e. The number of nitriles is 1. The molecule has 0 fully saturated rings. The molecule has 0 saturated heterocycles. The zero-order chi connectivity index (χ0) is 14.7. The number of nitrogens with zero attached hydrogens (tertiary/aromatic N) is 1. The summed E-state index contributed by atoms with van der Waals surface area (Å²) in [6, 6.07) is 10.3. The summed E-state index contributed by atoms with van der Waals surface area (Å²) in [4.78, 5) is 12.0. The zero-order valence-corrected chi connectivity index (χ0v) is 10.8. The van der Waals surface area contributed by atoms with Crippen molar-refractivity contribution in [2.45, 2.75) is 0 Å². The Morgan fingerprint density at radius 1 is 1.20 bits per heavy atom. The van der Waals surface area contributed by atoms with Crippen LogP contribution in [0.4, 0.5) is 5.69 Å². The van der Waals surface area contributed by atoms with Crippen molar-refractivity contribution >= 4 is 23.2 Å². The second-order valence-corrected chi connectivity index (χ2v) is 4.34. The number of carbonyl (C=O) groups excluding carboxylic acids is 1. The Hall–Kier alpha value is -2.71. The molecular formula is C14H9ClN2O3. The standard InChI is InChI=1S/C14H9ClN2O3/c15-10-6-9(5-4-8(10)7-16)17-14(20)13-11(18)2-1-3-12(13)19/h1-6,18-19H,(H,17,20). The average Bonchev–Trinajstić information content (AvgIpc) is 2.38. The zero-order valence-electron chi connectivity index (χ0n) is 10.1. The molecule has 0 aromatic heterocycles. The number of phenolic OH excluding ortho intramolecular Hbond substituents is 2. The van der Waals surface area contributed by atoms with Crippen LogP contribution in [0.2, 0.25) is 5.02 Å². The Morgan fingerprint density at radius 2 is 1.85 bits per heavy atom. The van der Waals surface area contributed by atoms with E-state index < -0.39 is 5.91 Å². The molecule has 0 aliphatic rings. The van der Waals surface area contributed by atoms with Gasteiger partial charge in [0.15, 0.2) is 0 Å². The van der Waals surface area contributed by atoms with Gasteiger partial charge in [0, 0.05) is 5.69 Å².